The molecular weight excluding hydrogens is 328 g/mol. The Bertz CT molecular complexity index is 70.0. The first-order valence-corrected chi connectivity index (χ1v) is 5.91. The minimum absolute atomic E-state index is 0. The van der Waals surface area contributed by atoms with Crippen LogP contribution in [-0.4, -0.2) is 23.1 Å². The maximum absolute atomic E-state index is 2.28. The molecule has 0 radical (unpaired) electrons. The predicted molar refractivity (Wildman–Crippen MR) is 63.3 cm³/mol. The molecule has 0 aliphatic rings. The van der Waals surface area contributed by atoms with Crippen LogP contribution in [0.2, 0.25) is 0 Å². The summed E-state index contributed by atoms with van der Waals surface area (Å²) in [7, 11) is 0. The fraction of sp³-hybridized carbons (Fsp3) is 1.00. The molecular formula is C12H26Br2Mg. The van der Waals surface area contributed by atoms with E-state index < -0.39 is 0 Å². The van der Waals surface area contributed by atoms with Crippen molar-refractivity contribution >= 4 is 23.1 Å². The van der Waals surface area contributed by atoms with Gasteiger partial charge >= 0.3 is 23.1 Å². The minimum atomic E-state index is 0. The maximum atomic E-state index is 2.28. The van der Waals surface area contributed by atoms with Crippen molar-refractivity contribution in [1.29, 1.82) is 0 Å². The summed E-state index contributed by atoms with van der Waals surface area (Å²) < 4.78 is 0. The van der Waals surface area contributed by atoms with E-state index >= 15 is 0 Å². The summed E-state index contributed by atoms with van der Waals surface area (Å²) in [6.45, 7) is 4.56. The summed E-state index contributed by atoms with van der Waals surface area (Å²) >= 11 is 0. The quantitative estimate of drug-likeness (QED) is 0.351. The van der Waals surface area contributed by atoms with Gasteiger partial charge in [-0.2, -0.15) is 0 Å². The molecule has 0 fully saturated rings. The van der Waals surface area contributed by atoms with Gasteiger partial charge in [-0.1, -0.05) is 78.1 Å². The topological polar surface area (TPSA) is 0 Å². The number of hydrogen-bond donors (Lipinski definition) is 0. The van der Waals surface area contributed by atoms with Crippen LogP contribution in [0.15, 0.2) is 0 Å². The van der Waals surface area contributed by atoms with Gasteiger partial charge in [-0.25, -0.2) is 0 Å². The van der Waals surface area contributed by atoms with Crippen LogP contribution in [0.3, 0.4) is 0 Å². The third-order valence-corrected chi connectivity index (χ3v) is 2.46. The SMILES string of the molecule is CCCCCCCCCCCC.[Br-].[Br-].[Mg+2]. The Hall–Kier alpha value is 1.73. The van der Waals surface area contributed by atoms with Crippen molar-refractivity contribution in [3.63, 3.8) is 0 Å². The summed E-state index contributed by atoms with van der Waals surface area (Å²) in [5, 5.41) is 0. The molecule has 90 valence electrons. The van der Waals surface area contributed by atoms with Gasteiger partial charge in [0.25, 0.3) is 0 Å². The fourth-order valence-electron chi connectivity index (χ4n) is 1.56. The van der Waals surface area contributed by atoms with Crippen LogP contribution in [0.25, 0.3) is 0 Å². The van der Waals surface area contributed by atoms with E-state index in [2.05, 4.69) is 13.8 Å². The molecule has 0 saturated heterocycles. The van der Waals surface area contributed by atoms with E-state index in [1.54, 1.807) is 0 Å². The van der Waals surface area contributed by atoms with Gasteiger partial charge in [-0.05, 0) is 0 Å². The van der Waals surface area contributed by atoms with Crippen molar-refractivity contribution in [2.75, 3.05) is 0 Å². The van der Waals surface area contributed by atoms with Gasteiger partial charge in [0.15, 0.2) is 0 Å². The molecule has 0 N–H and O–H groups in total. The van der Waals surface area contributed by atoms with Crippen molar-refractivity contribution in [2.24, 2.45) is 0 Å². The molecule has 0 aliphatic carbocycles. The smallest absolute Gasteiger partial charge is 1.00 e. The van der Waals surface area contributed by atoms with Crippen LogP contribution in [0.5, 0.6) is 0 Å². The average Bonchev–Trinajstić information content (AvgIpc) is 2.10. The summed E-state index contributed by atoms with van der Waals surface area (Å²) in [6.07, 6.45) is 14.4. The Labute approximate surface area is 134 Å². The first-order valence-electron chi connectivity index (χ1n) is 5.91. The van der Waals surface area contributed by atoms with Gasteiger partial charge in [-0.15, -0.1) is 0 Å². The maximum Gasteiger partial charge on any atom is 2.00 e. The zero-order valence-electron chi connectivity index (χ0n) is 10.5. The molecule has 0 rings (SSSR count). The van der Waals surface area contributed by atoms with Crippen LogP contribution in [-0.2, 0) is 0 Å². The molecule has 0 unspecified atom stereocenters. The van der Waals surface area contributed by atoms with Crippen molar-refractivity contribution < 1.29 is 34.0 Å². The second kappa shape index (κ2) is 24.8. The molecule has 0 atom stereocenters. The second-order valence-electron chi connectivity index (χ2n) is 3.83. The van der Waals surface area contributed by atoms with Crippen LogP contribution in [0.1, 0.15) is 78.1 Å². The Balaban J connectivity index is -0.000000202. The van der Waals surface area contributed by atoms with Gasteiger partial charge in [-0.3, -0.25) is 0 Å². The predicted octanol–water partition coefficient (Wildman–Crippen LogP) is -1.45. The van der Waals surface area contributed by atoms with E-state index in [0.717, 1.165) is 0 Å². The van der Waals surface area contributed by atoms with Gasteiger partial charge < -0.3 is 34.0 Å². The molecule has 0 heterocycles. The Kier molecular flexibility index (Phi) is 42.2. The van der Waals surface area contributed by atoms with Gasteiger partial charge in [0.1, 0.15) is 0 Å². The van der Waals surface area contributed by atoms with Crippen LogP contribution >= 0.6 is 0 Å². The Morgan fingerprint density at radius 2 is 0.667 bits per heavy atom. The van der Waals surface area contributed by atoms with Crippen LogP contribution in [0, 0.1) is 0 Å². The van der Waals surface area contributed by atoms with E-state index in [1.165, 1.54) is 64.2 Å². The molecule has 0 aromatic carbocycles. The first kappa shape index (κ1) is 25.5. The van der Waals surface area contributed by atoms with Gasteiger partial charge in [0.2, 0.25) is 0 Å². The summed E-state index contributed by atoms with van der Waals surface area (Å²) in [5.74, 6) is 0. The van der Waals surface area contributed by atoms with Gasteiger partial charge in [0, 0.05) is 0 Å². The molecule has 3 heteroatoms. The zero-order valence-corrected chi connectivity index (χ0v) is 15.1. The molecule has 0 nitrogen and oxygen atoms in total. The molecule has 0 aliphatic heterocycles. The molecule has 0 aromatic heterocycles. The summed E-state index contributed by atoms with van der Waals surface area (Å²) in [6, 6.07) is 0. The van der Waals surface area contributed by atoms with Crippen LogP contribution < -0.4 is 34.0 Å². The molecule has 0 spiro atoms. The van der Waals surface area contributed by atoms with Crippen molar-refractivity contribution in [2.45, 2.75) is 78.1 Å². The molecule has 0 amide bonds. The monoisotopic (exact) mass is 352 g/mol. The Morgan fingerprint density at radius 1 is 0.467 bits per heavy atom. The van der Waals surface area contributed by atoms with Crippen molar-refractivity contribution in [3.05, 3.63) is 0 Å². The molecule has 0 bridgehead atoms. The molecule has 15 heavy (non-hydrogen) atoms. The molecule has 0 aromatic rings. The molecule has 0 saturated carbocycles. The first-order chi connectivity index (χ1) is 5.91. The number of halogens is 2. The number of unbranched alkanes of at least 4 members (excludes halogenated alkanes) is 9. The fourth-order valence-corrected chi connectivity index (χ4v) is 1.56. The van der Waals surface area contributed by atoms with Crippen LogP contribution in [0.4, 0.5) is 0 Å². The van der Waals surface area contributed by atoms with E-state index in [1.807, 2.05) is 0 Å². The van der Waals surface area contributed by atoms with E-state index in [9.17, 15) is 0 Å². The van der Waals surface area contributed by atoms with Gasteiger partial charge in [0.05, 0.1) is 0 Å². The van der Waals surface area contributed by atoms with E-state index in [-0.39, 0.29) is 57.0 Å². The zero-order chi connectivity index (χ0) is 9.07. The number of hydrogen-bond acceptors (Lipinski definition) is 0. The van der Waals surface area contributed by atoms with E-state index in [0.29, 0.717) is 0 Å². The summed E-state index contributed by atoms with van der Waals surface area (Å²) in [4.78, 5) is 0. The summed E-state index contributed by atoms with van der Waals surface area (Å²) in [5.41, 5.74) is 0. The largest absolute Gasteiger partial charge is 2.00 e. The second-order valence-corrected chi connectivity index (χ2v) is 3.83. The Morgan fingerprint density at radius 3 is 0.867 bits per heavy atom. The average molecular weight is 354 g/mol. The normalized spacial score (nSPS) is 8.40. The van der Waals surface area contributed by atoms with Crippen molar-refractivity contribution in [3.8, 4) is 0 Å². The third kappa shape index (κ3) is 25.8. The number of rotatable bonds is 9. The third-order valence-electron chi connectivity index (χ3n) is 2.46. The van der Waals surface area contributed by atoms with Crippen molar-refractivity contribution in [1.82, 2.24) is 0 Å². The minimum Gasteiger partial charge on any atom is -1.00 e. The van der Waals surface area contributed by atoms with E-state index in [4.69, 9.17) is 0 Å². The standard InChI is InChI=1S/C12H26.2BrH.Mg/c1-3-5-7-9-11-12-10-8-6-4-2;;;/h3-12H2,1-2H3;2*1H;/q;;;+2/p-2.